The van der Waals surface area contributed by atoms with E-state index in [9.17, 15) is 9.18 Å². The van der Waals surface area contributed by atoms with Crippen LogP contribution in [-0.4, -0.2) is 49.8 Å². The first kappa shape index (κ1) is 16.4. The smallest absolute Gasteiger partial charge is 0.410 e. The van der Waals surface area contributed by atoms with Crippen LogP contribution in [0.3, 0.4) is 0 Å². The van der Waals surface area contributed by atoms with Crippen LogP contribution in [-0.2, 0) is 4.74 Å². The van der Waals surface area contributed by atoms with Crippen molar-refractivity contribution in [2.24, 2.45) is 0 Å². The third kappa shape index (κ3) is 4.02. The lowest BCUT2D eigenvalue weighted by atomic mass is 10.2. The van der Waals surface area contributed by atoms with Crippen molar-refractivity contribution in [1.29, 1.82) is 0 Å². The molecule has 22 heavy (non-hydrogen) atoms. The highest BCUT2D eigenvalue weighted by Gasteiger charge is 2.26. The van der Waals surface area contributed by atoms with Crippen LogP contribution >= 0.6 is 0 Å². The molecule has 0 bridgehead atoms. The van der Waals surface area contributed by atoms with Crippen LogP contribution in [0, 0.1) is 5.82 Å². The van der Waals surface area contributed by atoms with Crippen molar-refractivity contribution in [3.8, 4) is 0 Å². The predicted octanol–water partition coefficient (Wildman–Crippen LogP) is 2.92. The van der Waals surface area contributed by atoms with Crippen molar-refractivity contribution in [2.45, 2.75) is 26.4 Å². The van der Waals surface area contributed by atoms with Gasteiger partial charge in [0.25, 0.3) is 0 Å². The van der Waals surface area contributed by atoms with Crippen LogP contribution in [0.1, 0.15) is 20.8 Å². The number of piperazine rings is 1. The summed E-state index contributed by atoms with van der Waals surface area (Å²) in [6.45, 7) is 8.15. The predicted molar refractivity (Wildman–Crippen MR) is 86.0 cm³/mol. The Labute approximate surface area is 131 Å². The van der Waals surface area contributed by atoms with Gasteiger partial charge in [-0.05, 0) is 39.0 Å². The highest BCUT2D eigenvalue weighted by molar-refractivity contribution is 5.72. The molecule has 1 N–H and O–H groups in total. The number of carbonyl (C=O) groups excluding carboxylic acids is 1. The summed E-state index contributed by atoms with van der Waals surface area (Å²) in [5.41, 5.74) is 1.23. The number of nitrogens with zero attached hydrogens (tertiary/aromatic N) is 2. The summed E-state index contributed by atoms with van der Waals surface area (Å²) >= 11 is 0. The minimum Gasteiger partial charge on any atom is -0.444 e. The van der Waals surface area contributed by atoms with Crippen molar-refractivity contribution in [3.05, 3.63) is 24.0 Å². The molecule has 6 heteroatoms. The van der Waals surface area contributed by atoms with Crippen molar-refractivity contribution in [1.82, 2.24) is 4.90 Å². The molecule has 0 aliphatic carbocycles. The van der Waals surface area contributed by atoms with Crippen molar-refractivity contribution < 1.29 is 13.9 Å². The van der Waals surface area contributed by atoms with Gasteiger partial charge in [-0.15, -0.1) is 0 Å². The Morgan fingerprint density at radius 2 is 1.86 bits per heavy atom. The van der Waals surface area contributed by atoms with E-state index in [1.807, 2.05) is 20.8 Å². The van der Waals surface area contributed by atoms with E-state index in [-0.39, 0.29) is 11.9 Å². The van der Waals surface area contributed by atoms with Crippen LogP contribution in [0.5, 0.6) is 0 Å². The third-order valence-electron chi connectivity index (χ3n) is 3.50. The van der Waals surface area contributed by atoms with Gasteiger partial charge in [0, 0.05) is 33.2 Å². The summed E-state index contributed by atoms with van der Waals surface area (Å²) in [4.78, 5) is 15.9. The molecule has 0 saturated carbocycles. The van der Waals surface area contributed by atoms with Crippen LogP contribution in [0.15, 0.2) is 18.2 Å². The Balaban J connectivity index is 1.99. The summed E-state index contributed by atoms with van der Waals surface area (Å²) in [6.07, 6.45) is -0.278. The van der Waals surface area contributed by atoms with Gasteiger partial charge in [-0.3, -0.25) is 0 Å². The van der Waals surface area contributed by atoms with E-state index in [2.05, 4.69) is 10.2 Å². The molecule has 1 heterocycles. The second-order valence-electron chi connectivity index (χ2n) is 6.37. The van der Waals surface area contributed by atoms with Gasteiger partial charge in [-0.25, -0.2) is 9.18 Å². The van der Waals surface area contributed by atoms with E-state index in [1.165, 1.54) is 12.1 Å². The monoisotopic (exact) mass is 309 g/mol. The standard InChI is InChI=1S/C16H24FN3O2/c1-16(2,3)22-15(21)20-9-7-19(8-10-20)14-6-5-12(17)11-13(14)18-4/h5-6,11,18H,7-10H2,1-4H3. The number of carbonyl (C=O) groups is 1. The second-order valence-corrected chi connectivity index (χ2v) is 6.37. The Bertz CT molecular complexity index is 535. The number of hydrogen-bond acceptors (Lipinski definition) is 4. The van der Waals surface area contributed by atoms with Gasteiger partial charge >= 0.3 is 6.09 Å². The molecule has 122 valence electrons. The molecule has 1 fully saturated rings. The number of benzene rings is 1. The molecule has 1 amide bonds. The topological polar surface area (TPSA) is 44.8 Å². The number of amides is 1. The maximum atomic E-state index is 13.3. The summed E-state index contributed by atoms with van der Waals surface area (Å²) in [5, 5.41) is 3.01. The fraction of sp³-hybridized carbons (Fsp3) is 0.562. The molecule has 1 aliphatic heterocycles. The molecule has 1 aliphatic rings. The molecule has 0 spiro atoms. The van der Waals surface area contributed by atoms with E-state index in [1.54, 1.807) is 18.0 Å². The second kappa shape index (κ2) is 6.42. The minimum atomic E-state index is -0.482. The highest BCUT2D eigenvalue weighted by Crippen LogP contribution is 2.27. The maximum Gasteiger partial charge on any atom is 0.410 e. The fourth-order valence-electron chi connectivity index (χ4n) is 2.44. The zero-order chi connectivity index (χ0) is 16.3. The first-order valence-corrected chi connectivity index (χ1v) is 7.50. The van der Waals surface area contributed by atoms with Gasteiger partial charge in [0.1, 0.15) is 11.4 Å². The van der Waals surface area contributed by atoms with E-state index >= 15 is 0 Å². The first-order chi connectivity index (χ1) is 10.3. The van der Waals surface area contributed by atoms with Gasteiger partial charge in [0.05, 0.1) is 11.4 Å². The number of halogens is 1. The van der Waals surface area contributed by atoms with Crippen LogP contribution < -0.4 is 10.2 Å². The average molecular weight is 309 g/mol. The van der Waals surface area contributed by atoms with E-state index < -0.39 is 5.60 Å². The number of anilines is 2. The average Bonchev–Trinajstić information content (AvgIpc) is 2.45. The molecule has 0 aromatic heterocycles. The van der Waals surface area contributed by atoms with Crippen LogP contribution in [0.25, 0.3) is 0 Å². The number of nitrogens with one attached hydrogen (secondary N) is 1. The van der Waals surface area contributed by atoms with Crippen molar-refractivity contribution in [2.75, 3.05) is 43.4 Å². The number of rotatable bonds is 2. The lowest BCUT2D eigenvalue weighted by Crippen LogP contribution is -2.50. The first-order valence-electron chi connectivity index (χ1n) is 7.50. The lowest BCUT2D eigenvalue weighted by molar-refractivity contribution is 0.0240. The Morgan fingerprint density at radius 1 is 1.23 bits per heavy atom. The fourth-order valence-corrected chi connectivity index (χ4v) is 2.44. The van der Waals surface area contributed by atoms with E-state index in [0.29, 0.717) is 26.2 Å². The van der Waals surface area contributed by atoms with Gasteiger partial charge in [-0.2, -0.15) is 0 Å². The molecule has 5 nitrogen and oxygen atoms in total. The Kier molecular flexibility index (Phi) is 4.78. The molecular weight excluding hydrogens is 285 g/mol. The van der Waals surface area contributed by atoms with E-state index in [4.69, 9.17) is 4.74 Å². The molecule has 1 aromatic rings. The Hall–Kier alpha value is -1.98. The lowest BCUT2D eigenvalue weighted by Gasteiger charge is -2.37. The summed E-state index contributed by atoms with van der Waals surface area (Å²) < 4.78 is 18.7. The van der Waals surface area contributed by atoms with Gasteiger partial charge in [-0.1, -0.05) is 0 Å². The molecule has 2 rings (SSSR count). The number of ether oxygens (including phenoxy) is 1. The quantitative estimate of drug-likeness (QED) is 0.912. The zero-order valence-corrected chi connectivity index (χ0v) is 13.6. The number of hydrogen-bond donors (Lipinski definition) is 1. The molecule has 0 unspecified atom stereocenters. The Morgan fingerprint density at radius 3 is 2.41 bits per heavy atom. The van der Waals surface area contributed by atoms with Gasteiger partial charge in [0.15, 0.2) is 0 Å². The molecule has 0 radical (unpaired) electrons. The SMILES string of the molecule is CNc1cc(F)ccc1N1CCN(C(=O)OC(C)(C)C)CC1. The molecular formula is C16H24FN3O2. The summed E-state index contributed by atoms with van der Waals surface area (Å²) in [5.74, 6) is -0.263. The minimum absolute atomic E-state index is 0.263. The van der Waals surface area contributed by atoms with Crippen LogP contribution in [0.4, 0.5) is 20.6 Å². The normalized spacial score (nSPS) is 15.7. The third-order valence-corrected chi connectivity index (χ3v) is 3.50. The maximum absolute atomic E-state index is 13.3. The molecule has 1 aromatic carbocycles. The zero-order valence-electron chi connectivity index (χ0n) is 13.6. The van der Waals surface area contributed by atoms with Crippen molar-refractivity contribution >= 4 is 17.5 Å². The van der Waals surface area contributed by atoms with Gasteiger partial charge in [0.2, 0.25) is 0 Å². The highest BCUT2D eigenvalue weighted by atomic mass is 19.1. The summed E-state index contributed by atoms with van der Waals surface area (Å²) in [6, 6.07) is 4.70. The van der Waals surface area contributed by atoms with Crippen LogP contribution in [0.2, 0.25) is 0 Å². The van der Waals surface area contributed by atoms with E-state index in [0.717, 1.165) is 11.4 Å². The summed E-state index contributed by atoms with van der Waals surface area (Å²) in [7, 11) is 1.77. The van der Waals surface area contributed by atoms with Gasteiger partial charge < -0.3 is 19.9 Å². The molecule has 0 atom stereocenters. The van der Waals surface area contributed by atoms with Crippen molar-refractivity contribution in [3.63, 3.8) is 0 Å². The largest absolute Gasteiger partial charge is 0.444 e. The molecule has 1 saturated heterocycles.